The second-order valence-corrected chi connectivity index (χ2v) is 5.92. The van der Waals surface area contributed by atoms with Crippen LogP contribution in [0.4, 0.5) is 0 Å². The van der Waals surface area contributed by atoms with Gasteiger partial charge < -0.3 is 10.1 Å². The van der Waals surface area contributed by atoms with E-state index in [1.54, 1.807) is 0 Å². The molecule has 1 N–H and O–H groups in total. The molecule has 1 aromatic carbocycles. The van der Waals surface area contributed by atoms with Crippen LogP contribution in [-0.4, -0.2) is 19.8 Å². The van der Waals surface area contributed by atoms with Gasteiger partial charge in [0, 0.05) is 18.5 Å². The van der Waals surface area contributed by atoms with Gasteiger partial charge in [-0.2, -0.15) is 0 Å². The summed E-state index contributed by atoms with van der Waals surface area (Å²) in [5, 5.41) is 3.53. The maximum Gasteiger partial charge on any atom is 0.0554 e. The first kappa shape index (κ1) is 11.2. The van der Waals surface area contributed by atoms with Gasteiger partial charge in [0.2, 0.25) is 0 Å². The molecular formula is C15H21NO. The highest BCUT2D eigenvalue weighted by Gasteiger charge is 2.32. The van der Waals surface area contributed by atoms with Crippen LogP contribution < -0.4 is 5.32 Å². The zero-order chi connectivity index (χ0) is 11.7. The molecule has 0 bridgehead atoms. The lowest BCUT2D eigenvalue weighted by Gasteiger charge is -2.38. The van der Waals surface area contributed by atoms with E-state index in [0.717, 1.165) is 32.2 Å². The predicted octanol–water partition coefficient (Wildman–Crippen LogP) is 2.69. The molecule has 17 heavy (non-hydrogen) atoms. The highest BCUT2D eigenvalue weighted by atomic mass is 16.5. The second kappa shape index (κ2) is 4.43. The lowest BCUT2D eigenvalue weighted by molar-refractivity contribution is -0.0991. The van der Waals surface area contributed by atoms with Gasteiger partial charge in [0.1, 0.15) is 0 Å². The molecule has 1 aliphatic carbocycles. The van der Waals surface area contributed by atoms with Gasteiger partial charge >= 0.3 is 0 Å². The van der Waals surface area contributed by atoms with Crippen LogP contribution in [0.5, 0.6) is 0 Å². The van der Waals surface area contributed by atoms with Crippen molar-refractivity contribution >= 4 is 0 Å². The van der Waals surface area contributed by atoms with Crippen molar-refractivity contribution in [1.82, 2.24) is 5.32 Å². The van der Waals surface area contributed by atoms with Crippen LogP contribution in [0.3, 0.4) is 0 Å². The fourth-order valence-corrected chi connectivity index (χ4v) is 2.39. The first-order valence-electron chi connectivity index (χ1n) is 6.63. The number of hydrogen-bond acceptors (Lipinski definition) is 2. The molecule has 1 aliphatic heterocycles. The number of nitrogens with one attached hydrogen (secondary N) is 1. The summed E-state index contributed by atoms with van der Waals surface area (Å²) in [6.45, 7) is 6.11. The Morgan fingerprint density at radius 3 is 2.47 bits per heavy atom. The Balaban J connectivity index is 1.47. The summed E-state index contributed by atoms with van der Waals surface area (Å²) in [7, 11) is 0. The molecule has 1 saturated heterocycles. The van der Waals surface area contributed by atoms with E-state index in [4.69, 9.17) is 4.74 Å². The van der Waals surface area contributed by atoms with Crippen LogP contribution in [0.15, 0.2) is 24.3 Å². The quantitative estimate of drug-likeness (QED) is 0.841. The van der Waals surface area contributed by atoms with E-state index in [0.29, 0.717) is 5.41 Å². The van der Waals surface area contributed by atoms with Gasteiger partial charge in [-0.3, -0.25) is 0 Å². The highest BCUT2D eigenvalue weighted by Crippen LogP contribution is 2.39. The summed E-state index contributed by atoms with van der Waals surface area (Å²) in [4.78, 5) is 0. The number of rotatable bonds is 5. The maximum atomic E-state index is 5.25. The molecule has 0 unspecified atom stereocenters. The first-order valence-corrected chi connectivity index (χ1v) is 6.63. The van der Waals surface area contributed by atoms with Crippen molar-refractivity contribution in [3.8, 4) is 0 Å². The molecular weight excluding hydrogens is 210 g/mol. The van der Waals surface area contributed by atoms with Gasteiger partial charge in [-0.15, -0.1) is 0 Å². The molecule has 92 valence electrons. The molecule has 2 fully saturated rings. The topological polar surface area (TPSA) is 21.3 Å². The number of hydrogen-bond donors (Lipinski definition) is 1. The average Bonchev–Trinajstić information content (AvgIpc) is 3.12. The third kappa shape index (κ3) is 2.70. The normalized spacial score (nSPS) is 22.2. The Hall–Kier alpha value is -0.860. The van der Waals surface area contributed by atoms with Crippen LogP contribution in [0.2, 0.25) is 0 Å². The summed E-state index contributed by atoms with van der Waals surface area (Å²) in [6, 6.07) is 9.12. The molecule has 1 heterocycles. The fraction of sp³-hybridized carbons (Fsp3) is 0.600. The lowest BCUT2D eigenvalue weighted by Crippen LogP contribution is -2.47. The van der Waals surface area contributed by atoms with Gasteiger partial charge in [0.05, 0.1) is 13.2 Å². The van der Waals surface area contributed by atoms with Crippen molar-refractivity contribution in [2.75, 3.05) is 19.8 Å². The van der Waals surface area contributed by atoms with Crippen LogP contribution in [0.25, 0.3) is 0 Å². The minimum atomic E-state index is 0.369. The average molecular weight is 231 g/mol. The molecule has 2 nitrogen and oxygen atoms in total. The predicted molar refractivity (Wildman–Crippen MR) is 69.0 cm³/mol. The van der Waals surface area contributed by atoms with Crippen molar-refractivity contribution in [2.45, 2.75) is 32.2 Å². The van der Waals surface area contributed by atoms with E-state index in [1.165, 1.54) is 24.0 Å². The standard InChI is InChI=1S/C15H21NO/c1-15(10-17-11-15)9-16-8-12-2-4-13(5-3-12)14-6-7-14/h2-5,14,16H,6-11H2,1H3. The number of benzene rings is 1. The van der Waals surface area contributed by atoms with Gasteiger partial charge in [0.25, 0.3) is 0 Å². The Morgan fingerprint density at radius 2 is 1.94 bits per heavy atom. The zero-order valence-corrected chi connectivity index (χ0v) is 10.5. The third-order valence-electron chi connectivity index (χ3n) is 3.81. The summed E-state index contributed by atoms with van der Waals surface area (Å²) < 4.78 is 5.25. The summed E-state index contributed by atoms with van der Waals surface area (Å²) >= 11 is 0. The zero-order valence-electron chi connectivity index (χ0n) is 10.5. The van der Waals surface area contributed by atoms with E-state index in [9.17, 15) is 0 Å². The highest BCUT2D eigenvalue weighted by molar-refractivity contribution is 5.27. The maximum absolute atomic E-state index is 5.25. The van der Waals surface area contributed by atoms with Crippen molar-refractivity contribution in [1.29, 1.82) is 0 Å². The van der Waals surface area contributed by atoms with E-state index in [2.05, 4.69) is 36.5 Å². The largest absolute Gasteiger partial charge is 0.380 e. The molecule has 0 radical (unpaired) electrons. The van der Waals surface area contributed by atoms with Gasteiger partial charge in [-0.05, 0) is 29.9 Å². The molecule has 2 aliphatic rings. The minimum absolute atomic E-state index is 0.369. The summed E-state index contributed by atoms with van der Waals surface area (Å²) in [5.41, 5.74) is 3.28. The molecule has 1 saturated carbocycles. The van der Waals surface area contributed by atoms with Crippen molar-refractivity contribution in [3.05, 3.63) is 35.4 Å². The van der Waals surface area contributed by atoms with E-state index in [1.807, 2.05) is 0 Å². The SMILES string of the molecule is CC1(CNCc2ccc(C3CC3)cc2)COC1. The van der Waals surface area contributed by atoms with Crippen LogP contribution in [0.1, 0.15) is 36.8 Å². The monoisotopic (exact) mass is 231 g/mol. The Labute approximate surface area is 103 Å². The lowest BCUT2D eigenvalue weighted by atomic mass is 9.89. The molecule has 3 rings (SSSR count). The van der Waals surface area contributed by atoms with Gasteiger partial charge in [0.15, 0.2) is 0 Å². The molecule has 1 aromatic rings. The molecule has 0 spiro atoms. The van der Waals surface area contributed by atoms with E-state index in [-0.39, 0.29) is 0 Å². The third-order valence-corrected chi connectivity index (χ3v) is 3.81. The molecule has 0 aromatic heterocycles. The van der Waals surface area contributed by atoms with Crippen LogP contribution in [-0.2, 0) is 11.3 Å². The van der Waals surface area contributed by atoms with E-state index < -0.39 is 0 Å². The van der Waals surface area contributed by atoms with Crippen molar-refractivity contribution < 1.29 is 4.74 Å². The molecule has 0 amide bonds. The molecule has 0 atom stereocenters. The number of ether oxygens (including phenoxy) is 1. The summed E-state index contributed by atoms with van der Waals surface area (Å²) in [6.07, 6.45) is 2.77. The van der Waals surface area contributed by atoms with Gasteiger partial charge in [-0.25, -0.2) is 0 Å². The fourth-order valence-electron chi connectivity index (χ4n) is 2.39. The van der Waals surface area contributed by atoms with Crippen LogP contribution >= 0.6 is 0 Å². The Kier molecular flexibility index (Phi) is 2.93. The first-order chi connectivity index (χ1) is 8.25. The minimum Gasteiger partial charge on any atom is -0.380 e. The summed E-state index contributed by atoms with van der Waals surface area (Å²) in [5.74, 6) is 0.864. The molecule has 2 heteroatoms. The smallest absolute Gasteiger partial charge is 0.0554 e. The second-order valence-electron chi connectivity index (χ2n) is 5.92. The Morgan fingerprint density at radius 1 is 1.24 bits per heavy atom. The van der Waals surface area contributed by atoms with Crippen LogP contribution in [0, 0.1) is 5.41 Å². The van der Waals surface area contributed by atoms with E-state index >= 15 is 0 Å². The van der Waals surface area contributed by atoms with Crippen molar-refractivity contribution in [2.24, 2.45) is 5.41 Å². The van der Waals surface area contributed by atoms with Gasteiger partial charge in [-0.1, -0.05) is 31.2 Å². The Bertz CT molecular complexity index is 376. The van der Waals surface area contributed by atoms with Crippen molar-refractivity contribution in [3.63, 3.8) is 0 Å².